The average Bonchev–Trinajstić information content (AvgIpc) is 2.63. The predicted octanol–water partition coefficient (Wildman–Crippen LogP) is 6.39. The van der Waals surface area contributed by atoms with Gasteiger partial charge in [-0.05, 0) is 12.0 Å². The molecular formula is C19H23ClN2O2S. The van der Waals surface area contributed by atoms with Crippen molar-refractivity contribution in [2.24, 2.45) is 0 Å². The van der Waals surface area contributed by atoms with Gasteiger partial charge in [0.2, 0.25) is 0 Å². The molecule has 134 valence electrons. The van der Waals surface area contributed by atoms with Crippen molar-refractivity contribution in [3.05, 3.63) is 41.6 Å². The molecule has 0 N–H and O–H groups in total. The molecule has 2 rings (SSSR count). The molecule has 0 fully saturated rings. The predicted molar refractivity (Wildman–Crippen MR) is 103 cm³/mol. The fraction of sp³-hybridized carbons (Fsp3) is 0.421. The minimum absolute atomic E-state index is 0.371. The van der Waals surface area contributed by atoms with Gasteiger partial charge in [-0.3, -0.25) is 0 Å². The zero-order valence-corrected chi connectivity index (χ0v) is 16.0. The number of aromatic nitrogens is 2. The number of halogens is 1. The number of thioether (sulfide) groups is 1. The molecule has 0 bridgehead atoms. The summed E-state index contributed by atoms with van der Waals surface area (Å²) < 4.78 is 5.25. The van der Waals surface area contributed by atoms with Gasteiger partial charge in [-0.15, -0.1) is 5.10 Å². The summed E-state index contributed by atoms with van der Waals surface area (Å²) in [5.74, 6) is 0. The molecule has 0 aliphatic heterocycles. The van der Waals surface area contributed by atoms with Crippen molar-refractivity contribution in [2.75, 3.05) is 6.61 Å². The fourth-order valence-corrected chi connectivity index (χ4v) is 3.28. The number of hydrogen-bond acceptors (Lipinski definition) is 5. The number of nitrogens with zero attached hydrogens (tertiary/aromatic N) is 2. The maximum atomic E-state index is 12.0. The zero-order valence-electron chi connectivity index (χ0n) is 14.4. The average molecular weight is 379 g/mol. The maximum Gasteiger partial charge on any atom is 0.373 e. The minimum atomic E-state index is -0.394. The highest BCUT2D eigenvalue weighted by molar-refractivity contribution is 8.13. The number of unbranched alkanes of at least 4 members (excludes halogenated alkanes) is 5. The second kappa shape index (κ2) is 11.1. The van der Waals surface area contributed by atoms with Gasteiger partial charge in [-0.25, -0.2) is 4.79 Å². The van der Waals surface area contributed by atoms with E-state index in [1.807, 2.05) is 30.3 Å². The van der Waals surface area contributed by atoms with E-state index in [0.717, 1.165) is 35.7 Å². The van der Waals surface area contributed by atoms with E-state index in [1.165, 1.54) is 25.7 Å². The lowest BCUT2D eigenvalue weighted by atomic mass is 10.1. The first-order valence-corrected chi connectivity index (χ1v) is 9.83. The SMILES string of the molecule is CCCCCCCCOC(=O)Sc1nncc(-c2ccccc2)c1Cl. The molecule has 1 aromatic carbocycles. The minimum Gasteiger partial charge on any atom is -0.457 e. The molecule has 0 saturated heterocycles. The van der Waals surface area contributed by atoms with Crippen LogP contribution in [0.2, 0.25) is 5.02 Å². The fourth-order valence-electron chi connectivity index (χ4n) is 2.39. The lowest BCUT2D eigenvalue weighted by Gasteiger charge is -2.08. The van der Waals surface area contributed by atoms with Gasteiger partial charge in [-0.1, -0.05) is 81.0 Å². The first kappa shape index (κ1) is 19.7. The van der Waals surface area contributed by atoms with Crippen LogP contribution in [0.4, 0.5) is 4.79 Å². The molecule has 1 heterocycles. The van der Waals surface area contributed by atoms with Crippen molar-refractivity contribution in [3.63, 3.8) is 0 Å². The van der Waals surface area contributed by atoms with Crippen molar-refractivity contribution in [1.82, 2.24) is 10.2 Å². The maximum absolute atomic E-state index is 12.0. The molecule has 1 aromatic heterocycles. The van der Waals surface area contributed by atoms with Crippen LogP contribution >= 0.6 is 23.4 Å². The molecular weight excluding hydrogens is 356 g/mol. The van der Waals surface area contributed by atoms with Crippen molar-refractivity contribution < 1.29 is 9.53 Å². The third-order valence-electron chi connectivity index (χ3n) is 3.74. The van der Waals surface area contributed by atoms with Crippen LogP contribution in [0.5, 0.6) is 0 Å². The Labute approximate surface area is 158 Å². The molecule has 0 aliphatic rings. The molecule has 0 unspecified atom stereocenters. The lowest BCUT2D eigenvalue weighted by molar-refractivity contribution is 0.172. The highest BCUT2D eigenvalue weighted by Crippen LogP contribution is 2.34. The van der Waals surface area contributed by atoms with Gasteiger partial charge in [0.1, 0.15) is 5.03 Å². The van der Waals surface area contributed by atoms with E-state index >= 15 is 0 Å². The van der Waals surface area contributed by atoms with Crippen molar-refractivity contribution >= 4 is 28.7 Å². The molecule has 0 aliphatic carbocycles. The van der Waals surface area contributed by atoms with Crippen LogP contribution in [0.25, 0.3) is 11.1 Å². The molecule has 4 nitrogen and oxygen atoms in total. The molecule has 0 atom stereocenters. The number of carbonyl (C=O) groups is 1. The van der Waals surface area contributed by atoms with Crippen LogP contribution in [0.1, 0.15) is 45.4 Å². The molecule has 2 aromatic rings. The Morgan fingerprint density at radius 1 is 1.12 bits per heavy atom. The first-order chi connectivity index (χ1) is 12.2. The summed E-state index contributed by atoms with van der Waals surface area (Å²) in [4.78, 5) is 12.0. The smallest absolute Gasteiger partial charge is 0.373 e. The van der Waals surface area contributed by atoms with Crippen LogP contribution in [0.15, 0.2) is 41.6 Å². The number of ether oxygens (including phenoxy) is 1. The number of carbonyl (C=O) groups excluding carboxylic acids is 1. The monoisotopic (exact) mass is 378 g/mol. The van der Waals surface area contributed by atoms with Crippen LogP contribution in [0.3, 0.4) is 0 Å². The summed E-state index contributed by atoms with van der Waals surface area (Å²) in [6.07, 6.45) is 8.51. The molecule has 0 saturated carbocycles. The first-order valence-electron chi connectivity index (χ1n) is 8.63. The molecule has 0 spiro atoms. The van der Waals surface area contributed by atoms with Crippen molar-refractivity contribution in [2.45, 2.75) is 50.5 Å². The van der Waals surface area contributed by atoms with Gasteiger partial charge in [0.15, 0.2) is 0 Å². The van der Waals surface area contributed by atoms with E-state index in [4.69, 9.17) is 16.3 Å². The van der Waals surface area contributed by atoms with E-state index in [0.29, 0.717) is 16.7 Å². The third kappa shape index (κ3) is 6.67. The van der Waals surface area contributed by atoms with E-state index < -0.39 is 5.30 Å². The topological polar surface area (TPSA) is 52.1 Å². The molecule has 25 heavy (non-hydrogen) atoms. The Hall–Kier alpha value is -1.59. The summed E-state index contributed by atoms with van der Waals surface area (Å²) >= 11 is 7.27. The highest BCUT2D eigenvalue weighted by atomic mass is 35.5. The summed E-state index contributed by atoms with van der Waals surface area (Å²) in [5.41, 5.74) is 1.69. The number of benzene rings is 1. The van der Waals surface area contributed by atoms with Gasteiger partial charge in [-0.2, -0.15) is 5.10 Å². The number of hydrogen-bond donors (Lipinski definition) is 0. The molecule has 0 amide bonds. The Kier molecular flexibility index (Phi) is 8.77. The molecule has 6 heteroatoms. The highest BCUT2D eigenvalue weighted by Gasteiger charge is 2.15. The van der Waals surface area contributed by atoms with E-state index in [1.54, 1.807) is 6.20 Å². The lowest BCUT2D eigenvalue weighted by Crippen LogP contribution is -2.01. The summed E-state index contributed by atoms with van der Waals surface area (Å²) in [6, 6.07) is 9.66. The van der Waals surface area contributed by atoms with Crippen LogP contribution < -0.4 is 0 Å². The largest absolute Gasteiger partial charge is 0.457 e. The van der Waals surface area contributed by atoms with Crippen LogP contribution in [-0.2, 0) is 4.74 Å². The summed E-state index contributed by atoms with van der Waals surface area (Å²) in [5, 5.41) is 8.31. The Morgan fingerprint density at radius 3 is 2.60 bits per heavy atom. The van der Waals surface area contributed by atoms with E-state index in [-0.39, 0.29) is 0 Å². The van der Waals surface area contributed by atoms with Gasteiger partial charge >= 0.3 is 5.30 Å². The van der Waals surface area contributed by atoms with Gasteiger partial charge in [0.05, 0.1) is 17.8 Å². The Balaban J connectivity index is 1.83. The third-order valence-corrected chi connectivity index (χ3v) is 5.00. The van der Waals surface area contributed by atoms with Crippen molar-refractivity contribution in [3.8, 4) is 11.1 Å². The van der Waals surface area contributed by atoms with Gasteiger partial charge in [0.25, 0.3) is 0 Å². The zero-order chi connectivity index (χ0) is 17.9. The second-order valence-electron chi connectivity index (χ2n) is 5.71. The van der Waals surface area contributed by atoms with Crippen molar-refractivity contribution in [1.29, 1.82) is 0 Å². The number of rotatable bonds is 9. The van der Waals surface area contributed by atoms with Crippen LogP contribution in [-0.4, -0.2) is 22.1 Å². The standard InChI is InChI=1S/C19H23ClN2O2S/c1-2-3-4-5-6-10-13-24-19(23)25-18-17(20)16(14-21-22-18)15-11-8-7-9-12-15/h7-9,11-12,14H,2-6,10,13H2,1H3. The molecule has 0 radical (unpaired) electrons. The summed E-state index contributed by atoms with van der Waals surface area (Å²) in [6.45, 7) is 2.63. The second-order valence-corrected chi connectivity index (χ2v) is 7.01. The van der Waals surface area contributed by atoms with Gasteiger partial charge < -0.3 is 4.74 Å². The Bertz CT molecular complexity index is 668. The quantitative estimate of drug-likeness (QED) is 0.287. The van der Waals surface area contributed by atoms with Gasteiger partial charge in [0, 0.05) is 17.3 Å². The summed E-state index contributed by atoms with van der Waals surface area (Å²) in [7, 11) is 0. The van der Waals surface area contributed by atoms with E-state index in [9.17, 15) is 4.79 Å². The Morgan fingerprint density at radius 2 is 1.84 bits per heavy atom. The van der Waals surface area contributed by atoms with Crippen LogP contribution in [0, 0.1) is 0 Å². The van der Waals surface area contributed by atoms with E-state index in [2.05, 4.69) is 17.1 Å². The normalized spacial score (nSPS) is 10.6.